The minimum atomic E-state index is -0.404. The van der Waals surface area contributed by atoms with E-state index in [0.717, 1.165) is 22.4 Å². The zero-order valence-corrected chi connectivity index (χ0v) is 18.8. The van der Waals surface area contributed by atoms with Crippen molar-refractivity contribution in [2.45, 2.75) is 19.6 Å². The molecule has 6 heteroatoms. The van der Waals surface area contributed by atoms with Gasteiger partial charge in [-0.2, -0.15) is 0 Å². The van der Waals surface area contributed by atoms with Crippen LogP contribution in [-0.4, -0.2) is 17.9 Å². The van der Waals surface area contributed by atoms with Gasteiger partial charge in [-0.15, -0.1) is 0 Å². The van der Waals surface area contributed by atoms with Gasteiger partial charge >= 0.3 is 0 Å². The van der Waals surface area contributed by atoms with Crippen LogP contribution >= 0.6 is 11.6 Å². The summed E-state index contributed by atoms with van der Waals surface area (Å²) in [4.78, 5) is 25.9. The summed E-state index contributed by atoms with van der Waals surface area (Å²) in [6, 6.07) is 23.7. The topological polar surface area (TPSA) is 67.4 Å². The fourth-order valence-electron chi connectivity index (χ4n) is 3.42. The van der Waals surface area contributed by atoms with Crippen LogP contribution < -0.4 is 15.4 Å². The van der Waals surface area contributed by atoms with Gasteiger partial charge in [0.1, 0.15) is 17.6 Å². The SMILES string of the molecule is C[C@@H]1Oc2ccccc2C=C1/C=C(/NC(=O)c1ccc(Cl)cc1)C(=O)NCc1ccccc1. The van der Waals surface area contributed by atoms with E-state index in [0.29, 0.717) is 17.1 Å². The van der Waals surface area contributed by atoms with Crippen molar-refractivity contribution in [3.05, 3.63) is 118 Å². The number of rotatable bonds is 6. The van der Waals surface area contributed by atoms with E-state index >= 15 is 0 Å². The van der Waals surface area contributed by atoms with Gasteiger partial charge in [-0.25, -0.2) is 0 Å². The number of fused-ring (bicyclic) bond motifs is 1. The van der Waals surface area contributed by atoms with Gasteiger partial charge < -0.3 is 15.4 Å². The van der Waals surface area contributed by atoms with Crippen molar-refractivity contribution in [3.63, 3.8) is 0 Å². The lowest BCUT2D eigenvalue weighted by Crippen LogP contribution is -2.35. The van der Waals surface area contributed by atoms with Crippen LogP contribution in [-0.2, 0) is 11.3 Å². The van der Waals surface area contributed by atoms with Gasteiger partial charge in [0, 0.05) is 22.7 Å². The Morgan fingerprint density at radius 2 is 1.67 bits per heavy atom. The first kappa shape index (κ1) is 22.4. The van der Waals surface area contributed by atoms with Crippen LogP contribution in [0, 0.1) is 0 Å². The molecule has 3 aromatic rings. The molecular formula is C27H23ClN2O3. The number of nitrogens with one attached hydrogen (secondary N) is 2. The Bertz CT molecular complexity index is 1220. The number of hydrogen-bond acceptors (Lipinski definition) is 3. The van der Waals surface area contributed by atoms with Crippen LogP contribution in [0.5, 0.6) is 5.75 Å². The fourth-order valence-corrected chi connectivity index (χ4v) is 3.54. The number of halogens is 1. The molecule has 2 N–H and O–H groups in total. The molecule has 1 aliphatic heterocycles. The molecule has 0 radical (unpaired) electrons. The molecule has 5 nitrogen and oxygen atoms in total. The smallest absolute Gasteiger partial charge is 0.268 e. The van der Waals surface area contributed by atoms with Crippen molar-refractivity contribution in [1.29, 1.82) is 0 Å². The second-order valence-electron chi connectivity index (χ2n) is 7.63. The third-order valence-electron chi connectivity index (χ3n) is 5.22. The molecule has 166 valence electrons. The number of amides is 2. The molecular weight excluding hydrogens is 436 g/mol. The molecule has 0 aromatic heterocycles. The fraction of sp³-hybridized carbons (Fsp3) is 0.111. The highest BCUT2D eigenvalue weighted by molar-refractivity contribution is 6.30. The minimum absolute atomic E-state index is 0.131. The second kappa shape index (κ2) is 10.2. The Balaban J connectivity index is 1.61. The zero-order chi connectivity index (χ0) is 23.2. The summed E-state index contributed by atoms with van der Waals surface area (Å²) in [5, 5.41) is 6.16. The van der Waals surface area contributed by atoms with Crippen LogP contribution in [0.15, 0.2) is 96.2 Å². The Labute approximate surface area is 197 Å². The number of carbonyl (C=O) groups excluding carboxylic acids is 2. The van der Waals surface area contributed by atoms with E-state index in [4.69, 9.17) is 16.3 Å². The minimum Gasteiger partial charge on any atom is -0.485 e. The van der Waals surface area contributed by atoms with Gasteiger partial charge in [-0.1, -0.05) is 60.1 Å². The summed E-state index contributed by atoms with van der Waals surface area (Å²) in [6.45, 7) is 2.24. The predicted molar refractivity (Wildman–Crippen MR) is 130 cm³/mol. The van der Waals surface area contributed by atoms with Crippen molar-refractivity contribution in [2.75, 3.05) is 0 Å². The van der Waals surface area contributed by atoms with Gasteiger partial charge in [0.25, 0.3) is 11.8 Å². The third kappa shape index (κ3) is 5.70. The molecule has 2 amide bonds. The number of benzene rings is 3. The van der Waals surface area contributed by atoms with E-state index in [1.807, 2.05) is 67.6 Å². The van der Waals surface area contributed by atoms with Crippen molar-refractivity contribution < 1.29 is 14.3 Å². The summed E-state index contributed by atoms with van der Waals surface area (Å²) in [7, 11) is 0. The van der Waals surface area contributed by atoms with Crippen LogP contribution in [0.2, 0.25) is 5.02 Å². The predicted octanol–water partition coefficient (Wildman–Crippen LogP) is 5.13. The molecule has 1 heterocycles. The van der Waals surface area contributed by atoms with E-state index in [1.165, 1.54) is 0 Å². The number of para-hydroxylation sites is 1. The molecule has 1 aliphatic rings. The van der Waals surface area contributed by atoms with Gasteiger partial charge in [0.05, 0.1) is 0 Å². The van der Waals surface area contributed by atoms with Gasteiger partial charge in [-0.3, -0.25) is 9.59 Å². The van der Waals surface area contributed by atoms with E-state index in [9.17, 15) is 9.59 Å². The van der Waals surface area contributed by atoms with Crippen LogP contribution in [0.25, 0.3) is 6.08 Å². The molecule has 0 unspecified atom stereocenters. The van der Waals surface area contributed by atoms with E-state index < -0.39 is 11.8 Å². The maximum Gasteiger partial charge on any atom is 0.268 e. The van der Waals surface area contributed by atoms with Crippen molar-refractivity contribution in [2.24, 2.45) is 0 Å². The highest BCUT2D eigenvalue weighted by atomic mass is 35.5. The zero-order valence-electron chi connectivity index (χ0n) is 18.0. The quantitative estimate of drug-likeness (QED) is 0.503. The van der Waals surface area contributed by atoms with Crippen molar-refractivity contribution in [3.8, 4) is 5.75 Å². The largest absolute Gasteiger partial charge is 0.485 e. The average molecular weight is 459 g/mol. The normalized spacial score (nSPS) is 15.0. The third-order valence-corrected chi connectivity index (χ3v) is 5.47. The van der Waals surface area contributed by atoms with E-state index in [-0.39, 0.29) is 11.8 Å². The maximum absolute atomic E-state index is 13.1. The first-order valence-electron chi connectivity index (χ1n) is 10.6. The van der Waals surface area contributed by atoms with Crippen LogP contribution in [0.4, 0.5) is 0 Å². The maximum atomic E-state index is 13.1. The monoisotopic (exact) mass is 458 g/mol. The van der Waals surface area contributed by atoms with E-state index in [1.54, 1.807) is 30.3 Å². The summed E-state index contributed by atoms with van der Waals surface area (Å²) in [5.74, 6) is -0.0197. The lowest BCUT2D eigenvalue weighted by Gasteiger charge is -2.23. The Kier molecular flexibility index (Phi) is 6.91. The molecule has 1 atom stereocenters. The van der Waals surface area contributed by atoms with E-state index in [2.05, 4.69) is 10.6 Å². The molecule has 0 bridgehead atoms. The molecule has 4 rings (SSSR count). The molecule has 0 saturated heterocycles. The van der Waals surface area contributed by atoms with Gasteiger partial charge in [-0.05, 0) is 60.5 Å². The Hall–Kier alpha value is -3.83. The summed E-state index contributed by atoms with van der Waals surface area (Å²) in [6.07, 6.45) is 3.33. The van der Waals surface area contributed by atoms with Crippen LogP contribution in [0.3, 0.4) is 0 Å². The average Bonchev–Trinajstić information content (AvgIpc) is 2.83. The molecule has 0 fully saturated rings. The number of hydrogen-bond donors (Lipinski definition) is 2. The highest BCUT2D eigenvalue weighted by Gasteiger charge is 2.21. The summed E-state index contributed by atoms with van der Waals surface area (Å²) < 4.78 is 5.99. The summed E-state index contributed by atoms with van der Waals surface area (Å²) >= 11 is 5.93. The van der Waals surface area contributed by atoms with Crippen molar-refractivity contribution in [1.82, 2.24) is 10.6 Å². The highest BCUT2D eigenvalue weighted by Crippen LogP contribution is 2.30. The van der Waals surface area contributed by atoms with Gasteiger partial charge in [0.2, 0.25) is 0 Å². The lowest BCUT2D eigenvalue weighted by atomic mass is 10.0. The standard InChI is InChI=1S/C27H23ClN2O3/c1-18-22(15-21-9-5-6-10-25(21)33-18)16-24(27(32)29-17-19-7-3-2-4-8-19)30-26(31)20-11-13-23(28)14-12-20/h2-16,18H,17H2,1H3,(H,29,32)(H,30,31)/b24-16+/t18-/m0/s1. The Morgan fingerprint density at radius 3 is 2.42 bits per heavy atom. The molecule has 0 spiro atoms. The lowest BCUT2D eigenvalue weighted by molar-refractivity contribution is -0.118. The Morgan fingerprint density at radius 1 is 0.970 bits per heavy atom. The molecule has 0 aliphatic carbocycles. The van der Waals surface area contributed by atoms with Crippen LogP contribution in [0.1, 0.15) is 28.4 Å². The summed E-state index contributed by atoms with van der Waals surface area (Å²) in [5.41, 5.74) is 3.17. The first-order chi connectivity index (χ1) is 16.0. The molecule has 0 saturated carbocycles. The number of ether oxygens (including phenoxy) is 1. The van der Waals surface area contributed by atoms with Gasteiger partial charge in [0.15, 0.2) is 0 Å². The molecule has 3 aromatic carbocycles. The second-order valence-corrected chi connectivity index (χ2v) is 8.07. The molecule has 33 heavy (non-hydrogen) atoms. The first-order valence-corrected chi connectivity index (χ1v) is 11.0. The number of carbonyl (C=O) groups is 2. The van der Waals surface area contributed by atoms with Crippen molar-refractivity contribution >= 4 is 29.5 Å².